The number of hydrogen-bond donors (Lipinski definition) is 1. The average Bonchev–Trinajstić information content (AvgIpc) is 2.46. The summed E-state index contributed by atoms with van der Waals surface area (Å²) in [5.74, 6) is 1.55. The fourth-order valence-corrected chi connectivity index (χ4v) is 2.47. The molecule has 1 aliphatic carbocycles. The van der Waals surface area contributed by atoms with Crippen LogP contribution in [0, 0.1) is 5.92 Å². The van der Waals surface area contributed by atoms with Gasteiger partial charge >= 0.3 is 0 Å². The predicted octanol–water partition coefficient (Wildman–Crippen LogP) is 1.51. The lowest BCUT2D eigenvalue weighted by Crippen LogP contribution is -2.18. The van der Waals surface area contributed by atoms with Crippen molar-refractivity contribution in [3.8, 4) is 0 Å². The summed E-state index contributed by atoms with van der Waals surface area (Å²) in [6, 6.07) is 0. The molecule has 0 saturated heterocycles. The van der Waals surface area contributed by atoms with Crippen LogP contribution in [0.4, 0.5) is 0 Å². The van der Waals surface area contributed by atoms with Crippen LogP contribution in [0.1, 0.15) is 35.7 Å². The average molecular weight is 183 g/mol. The number of aromatic nitrogens is 2. The molecule has 0 bridgehead atoms. The fourth-order valence-electron chi connectivity index (χ4n) is 1.62. The minimum atomic E-state index is 0.528. The zero-order valence-electron chi connectivity index (χ0n) is 7.16. The SMILES string of the molecule is CC1CC(c2nnc(CN)s2)C1. The first kappa shape index (κ1) is 8.13. The van der Waals surface area contributed by atoms with Crippen molar-refractivity contribution in [2.75, 3.05) is 0 Å². The molecule has 0 aliphatic heterocycles. The number of nitrogens with zero attached hydrogens (tertiary/aromatic N) is 2. The summed E-state index contributed by atoms with van der Waals surface area (Å²) in [7, 11) is 0. The highest BCUT2D eigenvalue weighted by Crippen LogP contribution is 2.41. The van der Waals surface area contributed by atoms with E-state index in [0.29, 0.717) is 12.5 Å². The van der Waals surface area contributed by atoms with Gasteiger partial charge in [0.05, 0.1) is 0 Å². The van der Waals surface area contributed by atoms with Crippen molar-refractivity contribution in [2.24, 2.45) is 11.7 Å². The molecule has 1 saturated carbocycles. The first-order chi connectivity index (χ1) is 5.79. The number of rotatable bonds is 2. The van der Waals surface area contributed by atoms with E-state index in [0.717, 1.165) is 10.9 Å². The highest BCUT2D eigenvalue weighted by Gasteiger charge is 2.29. The first-order valence-electron chi connectivity index (χ1n) is 4.32. The molecule has 1 aromatic rings. The van der Waals surface area contributed by atoms with Crippen molar-refractivity contribution >= 4 is 11.3 Å². The van der Waals surface area contributed by atoms with E-state index in [4.69, 9.17) is 5.73 Å². The Bertz CT molecular complexity index is 265. The van der Waals surface area contributed by atoms with Gasteiger partial charge in [-0.2, -0.15) is 0 Å². The largest absolute Gasteiger partial charge is 0.324 e. The van der Waals surface area contributed by atoms with E-state index in [-0.39, 0.29) is 0 Å². The summed E-state index contributed by atoms with van der Waals surface area (Å²) >= 11 is 1.67. The lowest BCUT2D eigenvalue weighted by molar-refractivity contribution is 0.287. The lowest BCUT2D eigenvalue weighted by atomic mass is 9.77. The van der Waals surface area contributed by atoms with Gasteiger partial charge in [-0.15, -0.1) is 10.2 Å². The maximum absolute atomic E-state index is 5.46. The highest BCUT2D eigenvalue weighted by molar-refractivity contribution is 7.11. The molecule has 0 radical (unpaired) electrons. The van der Waals surface area contributed by atoms with Crippen molar-refractivity contribution in [3.05, 3.63) is 10.0 Å². The van der Waals surface area contributed by atoms with Crippen LogP contribution in [-0.4, -0.2) is 10.2 Å². The second-order valence-corrected chi connectivity index (χ2v) is 4.61. The molecular formula is C8H13N3S. The van der Waals surface area contributed by atoms with Crippen LogP contribution in [-0.2, 0) is 6.54 Å². The molecule has 4 heteroatoms. The lowest BCUT2D eigenvalue weighted by Gasteiger charge is -2.30. The third-order valence-electron chi connectivity index (χ3n) is 2.38. The second-order valence-electron chi connectivity index (χ2n) is 3.51. The summed E-state index contributed by atoms with van der Waals surface area (Å²) in [4.78, 5) is 0. The quantitative estimate of drug-likeness (QED) is 0.756. The summed E-state index contributed by atoms with van der Waals surface area (Å²) < 4.78 is 0. The Kier molecular flexibility index (Phi) is 2.11. The van der Waals surface area contributed by atoms with E-state index in [1.165, 1.54) is 17.8 Å². The van der Waals surface area contributed by atoms with Crippen molar-refractivity contribution in [1.29, 1.82) is 0 Å². The molecule has 1 aromatic heterocycles. The van der Waals surface area contributed by atoms with Crippen molar-refractivity contribution in [2.45, 2.75) is 32.2 Å². The van der Waals surface area contributed by atoms with Gasteiger partial charge in [0.25, 0.3) is 0 Å². The van der Waals surface area contributed by atoms with E-state index in [2.05, 4.69) is 17.1 Å². The zero-order chi connectivity index (χ0) is 8.55. The van der Waals surface area contributed by atoms with Gasteiger partial charge in [0.15, 0.2) is 0 Å². The Labute approximate surface area is 76.0 Å². The van der Waals surface area contributed by atoms with E-state index in [9.17, 15) is 0 Å². The molecule has 2 rings (SSSR count). The normalized spacial score (nSPS) is 28.5. The van der Waals surface area contributed by atoms with Crippen LogP contribution in [0.2, 0.25) is 0 Å². The molecule has 12 heavy (non-hydrogen) atoms. The Morgan fingerprint density at radius 2 is 2.25 bits per heavy atom. The molecule has 1 heterocycles. The molecule has 0 aromatic carbocycles. The summed E-state index contributed by atoms with van der Waals surface area (Å²) in [6.07, 6.45) is 2.55. The van der Waals surface area contributed by atoms with Crippen LogP contribution in [0.3, 0.4) is 0 Å². The third kappa shape index (κ3) is 1.36. The van der Waals surface area contributed by atoms with Gasteiger partial charge in [0.2, 0.25) is 0 Å². The molecule has 2 N–H and O–H groups in total. The smallest absolute Gasteiger partial charge is 0.131 e. The van der Waals surface area contributed by atoms with Crippen LogP contribution in [0.25, 0.3) is 0 Å². The molecule has 0 atom stereocenters. The highest BCUT2D eigenvalue weighted by atomic mass is 32.1. The van der Waals surface area contributed by atoms with E-state index >= 15 is 0 Å². The molecule has 0 spiro atoms. The first-order valence-corrected chi connectivity index (χ1v) is 5.13. The van der Waals surface area contributed by atoms with Gasteiger partial charge in [-0.1, -0.05) is 18.3 Å². The molecule has 66 valence electrons. The Hall–Kier alpha value is -0.480. The van der Waals surface area contributed by atoms with Gasteiger partial charge in [-0.05, 0) is 18.8 Å². The second kappa shape index (κ2) is 3.11. The van der Waals surface area contributed by atoms with Gasteiger partial charge in [-0.3, -0.25) is 0 Å². The summed E-state index contributed by atoms with van der Waals surface area (Å²) in [5.41, 5.74) is 5.46. The van der Waals surface area contributed by atoms with Crippen LogP contribution in [0.15, 0.2) is 0 Å². The molecule has 0 unspecified atom stereocenters. The predicted molar refractivity (Wildman–Crippen MR) is 48.9 cm³/mol. The molecular weight excluding hydrogens is 170 g/mol. The molecule has 1 aliphatic rings. The number of nitrogens with two attached hydrogens (primary N) is 1. The summed E-state index contributed by atoms with van der Waals surface area (Å²) in [6.45, 7) is 2.81. The van der Waals surface area contributed by atoms with Crippen molar-refractivity contribution < 1.29 is 0 Å². The van der Waals surface area contributed by atoms with Gasteiger partial charge < -0.3 is 5.73 Å². The van der Waals surface area contributed by atoms with E-state index < -0.39 is 0 Å². The van der Waals surface area contributed by atoms with E-state index in [1.54, 1.807) is 11.3 Å². The maximum Gasteiger partial charge on any atom is 0.131 e. The van der Waals surface area contributed by atoms with E-state index in [1.807, 2.05) is 0 Å². The fraction of sp³-hybridized carbons (Fsp3) is 0.750. The Balaban J connectivity index is 2.04. The minimum absolute atomic E-state index is 0.528. The number of hydrogen-bond acceptors (Lipinski definition) is 4. The minimum Gasteiger partial charge on any atom is -0.324 e. The standard InChI is InChI=1S/C8H13N3S/c1-5-2-6(3-5)8-11-10-7(4-9)12-8/h5-6H,2-4,9H2,1H3. The zero-order valence-corrected chi connectivity index (χ0v) is 7.97. The monoisotopic (exact) mass is 183 g/mol. The van der Waals surface area contributed by atoms with Gasteiger partial charge in [-0.25, -0.2) is 0 Å². The van der Waals surface area contributed by atoms with Gasteiger partial charge in [0.1, 0.15) is 10.0 Å². The topological polar surface area (TPSA) is 51.8 Å². The molecule has 0 amide bonds. The van der Waals surface area contributed by atoms with Crippen molar-refractivity contribution in [3.63, 3.8) is 0 Å². The van der Waals surface area contributed by atoms with Gasteiger partial charge in [0, 0.05) is 12.5 Å². The summed E-state index contributed by atoms with van der Waals surface area (Å²) in [5, 5.41) is 10.3. The van der Waals surface area contributed by atoms with Crippen LogP contribution < -0.4 is 5.73 Å². The molecule has 1 fully saturated rings. The Morgan fingerprint density at radius 3 is 2.75 bits per heavy atom. The third-order valence-corrected chi connectivity index (χ3v) is 3.49. The molecule has 3 nitrogen and oxygen atoms in total. The van der Waals surface area contributed by atoms with Crippen molar-refractivity contribution in [1.82, 2.24) is 10.2 Å². The van der Waals surface area contributed by atoms with Crippen LogP contribution in [0.5, 0.6) is 0 Å². The maximum atomic E-state index is 5.46. The van der Waals surface area contributed by atoms with Crippen LogP contribution >= 0.6 is 11.3 Å². The Morgan fingerprint density at radius 1 is 1.50 bits per heavy atom.